The molecule has 4 aromatic rings. The van der Waals surface area contributed by atoms with Crippen LogP contribution >= 0.6 is 11.6 Å². The van der Waals surface area contributed by atoms with Crippen LogP contribution < -0.4 is 20.1 Å². The average molecular weight is 573 g/mol. The lowest BCUT2D eigenvalue weighted by atomic mass is 9.97. The Morgan fingerprint density at radius 2 is 2.02 bits per heavy atom. The first kappa shape index (κ1) is 27.9. The number of piperidine rings is 1. The second-order valence-electron chi connectivity index (χ2n) is 9.49. The van der Waals surface area contributed by atoms with Crippen molar-refractivity contribution in [3.05, 3.63) is 84.4 Å². The standard InChI is InChI=1S/C30H29ClN6O4/c1-3-28(38)37-12-6-7-19(16-37)30(39)36-25-14-22-24(15-27(25)40-2)33-18-34-29(22)35-20-9-10-26(23(31)13-20)41-17-21-8-4-5-11-32-21/h3-5,8-11,13-15,18-19H,1,6-7,12,16-17H2,2H3,(H,36,39)(H,33,34,35)/t19-/m0/s1. The number of methoxy groups -OCH3 is 1. The largest absolute Gasteiger partial charge is 0.494 e. The van der Waals surface area contributed by atoms with Crippen LogP contribution in [0.5, 0.6) is 11.5 Å². The number of amides is 2. The molecule has 2 N–H and O–H groups in total. The highest BCUT2D eigenvalue weighted by molar-refractivity contribution is 6.32. The van der Waals surface area contributed by atoms with Crippen molar-refractivity contribution in [3.63, 3.8) is 0 Å². The lowest BCUT2D eigenvalue weighted by molar-refractivity contribution is -0.130. The second-order valence-corrected chi connectivity index (χ2v) is 9.90. The molecule has 0 spiro atoms. The Hall–Kier alpha value is -4.70. The van der Waals surface area contributed by atoms with Gasteiger partial charge in [0.2, 0.25) is 11.8 Å². The highest BCUT2D eigenvalue weighted by atomic mass is 35.5. The van der Waals surface area contributed by atoms with Gasteiger partial charge in [0.05, 0.1) is 34.9 Å². The minimum absolute atomic E-state index is 0.174. The molecule has 1 saturated heterocycles. The molecule has 3 heterocycles. The van der Waals surface area contributed by atoms with E-state index >= 15 is 0 Å². The van der Waals surface area contributed by atoms with E-state index in [4.69, 9.17) is 21.1 Å². The van der Waals surface area contributed by atoms with Crippen molar-refractivity contribution in [1.29, 1.82) is 0 Å². The van der Waals surface area contributed by atoms with Crippen molar-refractivity contribution >= 4 is 51.5 Å². The molecular formula is C30H29ClN6O4. The third kappa shape index (κ3) is 6.55. The lowest BCUT2D eigenvalue weighted by Gasteiger charge is -2.31. The number of ether oxygens (including phenoxy) is 2. The first-order valence-corrected chi connectivity index (χ1v) is 13.5. The van der Waals surface area contributed by atoms with Gasteiger partial charge in [0, 0.05) is 36.4 Å². The van der Waals surface area contributed by atoms with Crippen LogP contribution in [0.25, 0.3) is 10.9 Å². The molecular weight excluding hydrogens is 544 g/mol. The van der Waals surface area contributed by atoms with Gasteiger partial charge in [0.15, 0.2) is 0 Å². The number of fused-ring (bicyclic) bond motifs is 1. The maximum Gasteiger partial charge on any atom is 0.245 e. The second kappa shape index (κ2) is 12.6. The van der Waals surface area contributed by atoms with Gasteiger partial charge in [0.25, 0.3) is 0 Å². The molecule has 0 saturated carbocycles. The number of nitrogens with zero attached hydrogens (tertiary/aromatic N) is 4. The Balaban J connectivity index is 1.35. The molecule has 0 radical (unpaired) electrons. The Kier molecular flexibility index (Phi) is 8.59. The molecule has 0 aliphatic carbocycles. The van der Waals surface area contributed by atoms with Crippen LogP contribution in [0.2, 0.25) is 5.02 Å². The number of benzene rings is 2. The van der Waals surface area contributed by atoms with E-state index in [1.165, 1.54) is 19.5 Å². The van der Waals surface area contributed by atoms with Crippen LogP contribution in [0.1, 0.15) is 18.5 Å². The fourth-order valence-corrected chi connectivity index (χ4v) is 4.91. The van der Waals surface area contributed by atoms with Gasteiger partial charge in [0.1, 0.15) is 30.3 Å². The Bertz CT molecular complexity index is 1580. The number of pyridine rings is 1. The monoisotopic (exact) mass is 572 g/mol. The number of hydrogen-bond donors (Lipinski definition) is 2. The summed E-state index contributed by atoms with van der Waals surface area (Å²) in [6, 6.07) is 14.5. The van der Waals surface area contributed by atoms with E-state index in [-0.39, 0.29) is 17.7 Å². The van der Waals surface area contributed by atoms with Crippen LogP contribution in [0, 0.1) is 5.92 Å². The first-order chi connectivity index (χ1) is 19.9. The van der Waals surface area contributed by atoms with E-state index in [0.717, 1.165) is 12.1 Å². The SMILES string of the molecule is C=CC(=O)N1CCC[C@H](C(=O)Nc2cc3c(Nc4ccc(OCc5ccccn5)c(Cl)c4)ncnc3cc2OC)C1. The quantitative estimate of drug-likeness (QED) is 0.257. The van der Waals surface area contributed by atoms with Crippen LogP contribution in [0.15, 0.2) is 73.7 Å². The van der Waals surface area contributed by atoms with Gasteiger partial charge in [-0.1, -0.05) is 24.2 Å². The van der Waals surface area contributed by atoms with E-state index in [1.807, 2.05) is 24.3 Å². The molecule has 1 atom stereocenters. The number of hydrogen-bond acceptors (Lipinski definition) is 8. The molecule has 11 heteroatoms. The third-order valence-corrected chi connectivity index (χ3v) is 7.08. The van der Waals surface area contributed by atoms with Crippen LogP contribution in [-0.4, -0.2) is 51.9 Å². The van der Waals surface area contributed by atoms with E-state index in [2.05, 4.69) is 32.2 Å². The number of likely N-dealkylation sites (tertiary alicyclic amines) is 1. The zero-order valence-corrected chi connectivity index (χ0v) is 23.2. The van der Waals surface area contributed by atoms with Crippen LogP contribution in [0.3, 0.4) is 0 Å². The first-order valence-electron chi connectivity index (χ1n) is 13.1. The minimum atomic E-state index is -0.349. The van der Waals surface area contributed by atoms with Crippen LogP contribution in [-0.2, 0) is 16.2 Å². The summed E-state index contributed by atoms with van der Waals surface area (Å²) in [4.78, 5) is 40.0. The number of carbonyl (C=O) groups is 2. The number of nitrogens with one attached hydrogen (secondary N) is 2. The predicted molar refractivity (Wildman–Crippen MR) is 158 cm³/mol. The fourth-order valence-electron chi connectivity index (χ4n) is 4.67. The van der Waals surface area contributed by atoms with Crippen LogP contribution in [0.4, 0.5) is 17.2 Å². The maximum absolute atomic E-state index is 13.2. The smallest absolute Gasteiger partial charge is 0.245 e. The molecule has 2 amide bonds. The zero-order valence-electron chi connectivity index (χ0n) is 22.5. The number of rotatable bonds is 9. The van der Waals surface area contributed by atoms with Gasteiger partial charge in [-0.25, -0.2) is 9.97 Å². The molecule has 10 nitrogen and oxygen atoms in total. The third-order valence-electron chi connectivity index (χ3n) is 6.79. The van der Waals surface area contributed by atoms with Gasteiger partial charge in [-0.05, 0) is 55.3 Å². The van der Waals surface area contributed by atoms with E-state index in [9.17, 15) is 9.59 Å². The zero-order chi connectivity index (χ0) is 28.8. The molecule has 0 bridgehead atoms. The fraction of sp³-hybridized carbons (Fsp3) is 0.233. The topological polar surface area (TPSA) is 119 Å². The molecule has 1 aliphatic heterocycles. The van der Waals surface area contributed by atoms with Gasteiger partial charge in [-0.3, -0.25) is 14.6 Å². The van der Waals surface area contributed by atoms with Crippen molar-refractivity contribution in [2.45, 2.75) is 19.4 Å². The highest BCUT2D eigenvalue weighted by Crippen LogP contribution is 2.35. The number of aromatic nitrogens is 3. The summed E-state index contributed by atoms with van der Waals surface area (Å²) in [5.41, 5.74) is 2.59. The summed E-state index contributed by atoms with van der Waals surface area (Å²) in [5.74, 6) is 0.796. The summed E-state index contributed by atoms with van der Waals surface area (Å²) >= 11 is 6.50. The molecule has 1 fully saturated rings. The van der Waals surface area contributed by atoms with Gasteiger partial charge in [-0.15, -0.1) is 0 Å². The molecule has 1 aliphatic rings. The molecule has 2 aromatic carbocycles. The summed E-state index contributed by atoms with van der Waals surface area (Å²) in [6.07, 6.45) is 5.85. The average Bonchev–Trinajstić information content (AvgIpc) is 3.00. The Labute approximate surface area is 242 Å². The Morgan fingerprint density at radius 1 is 1.15 bits per heavy atom. The maximum atomic E-state index is 13.2. The molecule has 0 unspecified atom stereocenters. The number of carbonyl (C=O) groups excluding carboxylic acids is 2. The normalized spacial score (nSPS) is 14.8. The molecule has 5 rings (SSSR count). The number of anilines is 3. The molecule has 2 aromatic heterocycles. The van der Waals surface area contributed by atoms with Crippen molar-refractivity contribution < 1.29 is 19.1 Å². The number of halogens is 1. The van der Waals surface area contributed by atoms with Crippen molar-refractivity contribution in [3.8, 4) is 11.5 Å². The Morgan fingerprint density at radius 3 is 2.78 bits per heavy atom. The molecule has 210 valence electrons. The van der Waals surface area contributed by atoms with Crippen molar-refractivity contribution in [1.82, 2.24) is 19.9 Å². The lowest BCUT2D eigenvalue weighted by Crippen LogP contribution is -2.43. The highest BCUT2D eigenvalue weighted by Gasteiger charge is 2.28. The summed E-state index contributed by atoms with van der Waals surface area (Å²) in [6.45, 7) is 4.80. The predicted octanol–water partition coefficient (Wildman–Crippen LogP) is 5.37. The summed E-state index contributed by atoms with van der Waals surface area (Å²) in [5, 5.41) is 7.36. The van der Waals surface area contributed by atoms with Crippen molar-refractivity contribution in [2.75, 3.05) is 30.8 Å². The van der Waals surface area contributed by atoms with Gasteiger partial charge >= 0.3 is 0 Å². The van der Waals surface area contributed by atoms with E-state index in [0.29, 0.717) is 70.7 Å². The van der Waals surface area contributed by atoms with Gasteiger partial charge < -0.3 is 25.0 Å². The minimum Gasteiger partial charge on any atom is -0.494 e. The summed E-state index contributed by atoms with van der Waals surface area (Å²) < 4.78 is 11.4. The summed E-state index contributed by atoms with van der Waals surface area (Å²) in [7, 11) is 1.53. The molecule has 41 heavy (non-hydrogen) atoms. The van der Waals surface area contributed by atoms with Crippen molar-refractivity contribution in [2.24, 2.45) is 5.92 Å². The van der Waals surface area contributed by atoms with E-state index in [1.54, 1.807) is 35.4 Å². The van der Waals surface area contributed by atoms with E-state index < -0.39 is 0 Å². The van der Waals surface area contributed by atoms with Gasteiger partial charge in [-0.2, -0.15) is 0 Å².